The van der Waals surface area contributed by atoms with Crippen LogP contribution in [0.2, 0.25) is 0 Å². The molecule has 3 aromatic rings. The maximum atomic E-state index is 12.1. The monoisotopic (exact) mass is 344 g/mol. The van der Waals surface area contributed by atoms with Crippen molar-refractivity contribution < 1.29 is 9.53 Å². The van der Waals surface area contributed by atoms with Crippen LogP contribution in [0.4, 0.5) is 0 Å². The molecule has 4 nitrogen and oxygen atoms in total. The summed E-state index contributed by atoms with van der Waals surface area (Å²) in [6.07, 6.45) is 1.61. The number of hydrazone groups is 1. The van der Waals surface area contributed by atoms with Gasteiger partial charge in [-0.25, -0.2) is 5.43 Å². The van der Waals surface area contributed by atoms with Gasteiger partial charge in [0, 0.05) is 5.56 Å². The first-order valence-corrected chi connectivity index (χ1v) is 8.37. The highest BCUT2D eigenvalue weighted by Gasteiger charge is 2.04. The van der Waals surface area contributed by atoms with Gasteiger partial charge in [-0.1, -0.05) is 60.2 Å². The van der Waals surface area contributed by atoms with Crippen LogP contribution < -0.4 is 10.2 Å². The van der Waals surface area contributed by atoms with Crippen molar-refractivity contribution in [3.05, 3.63) is 101 Å². The smallest absolute Gasteiger partial charge is 0.271 e. The van der Waals surface area contributed by atoms with Gasteiger partial charge >= 0.3 is 0 Å². The van der Waals surface area contributed by atoms with Gasteiger partial charge in [0.1, 0.15) is 12.4 Å². The van der Waals surface area contributed by atoms with Gasteiger partial charge in [-0.15, -0.1) is 0 Å². The highest BCUT2D eigenvalue weighted by molar-refractivity contribution is 5.94. The number of hydrogen-bond donors (Lipinski definition) is 1. The number of benzene rings is 3. The number of ether oxygens (including phenoxy) is 1. The van der Waals surface area contributed by atoms with Crippen molar-refractivity contribution in [1.29, 1.82) is 0 Å². The van der Waals surface area contributed by atoms with E-state index in [2.05, 4.69) is 29.6 Å². The Labute approximate surface area is 153 Å². The molecule has 0 saturated heterocycles. The third-order valence-corrected chi connectivity index (χ3v) is 3.82. The van der Waals surface area contributed by atoms with Crippen LogP contribution in [0.25, 0.3) is 0 Å². The second-order valence-electron chi connectivity index (χ2n) is 5.91. The molecule has 0 heterocycles. The number of nitrogens with one attached hydrogen (secondary N) is 1. The Bertz CT molecular complexity index is 870. The number of carbonyl (C=O) groups is 1. The molecule has 26 heavy (non-hydrogen) atoms. The SMILES string of the molecule is Cc1ccc(COc2ccc(C(=O)N/N=C/c3ccccc3)cc2)cc1. The molecule has 0 aliphatic heterocycles. The molecule has 0 radical (unpaired) electrons. The van der Waals surface area contributed by atoms with Crippen LogP contribution in [0, 0.1) is 6.92 Å². The minimum absolute atomic E-state index is 0.262. The summed E-state index contributed by atoms with van der Waals surface area (Å²) in [6.45, 7) is 2.55. The summed E-state index contributed by atoms with van der Waals surface area (Å²) in [4.78, 5) is 12.1. The van der Waals surface area contributed by atoms with Crippen molar-refractivity contribution in [2.24, 2.45) is 5.10 Å². The summed E-state index contributed by atoms with van der Waals surface area (Å²) in [5.74, 6) is 0.456. The van der Waals surface area contributed by atoms with E-state index < -0.39 is 0 Å². The highest BCUT2D eigenvalue weighted by Crippen LogP contribution is 2.14. The van der Waals surface area contributed by atoms with E-state index in [4.69, 9.17) is 4.74 Å². The molecule has 1 amide bonds. The molecule has 4 heteroatoms. The minimum Gasteiger partial charge on any atom is -0.489 e. The molecule has 0 atom stereocenters. The average Bonchev–Trinajstić information content (AvgIpc) is 2.69. The number of rotatable bonds is 6. The molecule has 0 aromatic heterocycles. The molecule has 0 fully saturated rings. The third kappa shape index (κ3) is 5.05. The van der Waals surface area contributed by atoms with E-state index in [0.29, 0.717) is 12.2 Å². The number of amides is 1. The Morgan fingerprint density at radius 1 is 0.962 bits per heavy atom. The van der Waals surface area contributed by atoms with E-state index in [9.17, 15) is 4.79 Å². The molecule has 0 aliphatic rings. The lowest BCUT2D eigenvalue weighted by molar-refractivity contribution is 0.0955. The first-order valence-electron chi connectivity index (χ1n) is 8.37. The number of nitrogens with zero attached hydrogens (tertiary/aromatic N) is 1. The Hall–Kier alpha value is -3.40. The Morgan fingerprint density at radius 2 is 1.65 bits per heavy atom. The van der Waals surface area contributed by atoms with E-state index in [1.54, 1.807) is 30.5 Å². The van der Waals surface area contributed by atoms with Crippen molar-refractivity contribution in [1.82, 2.24) is 5.43 Å². The normalized spacial score (nSPS) is 10.7. The zero-order valence-electron chi connectivity index (χ0n) is 14.6. The molecule has 3 rings (SSSR count). The molecule has 0 saturated carbocycles. The van der Waals surface area contributed by atoms with E-state index >= 15 is 0 Å². The van der Waals surface area contributed by atoms with Gasteiger partial charge in [-0.05, 0) is 42.3 Å². The molecule has 0 spiro atoms. The van der Waals surface area contributed by atoms with Gasteiger partial charge in [-0.3, -0.25) is 4.79 Å². The summed E-state index contributed by atoms with van der Waals surface area (Å²) in [6, 6.07) is 24.8. The van der Waals surface area contributed by atoms with Crippen LogP contribution in [0.1, 0.15) is 27.0 Å². The standard InChI is InChI=1S/C22H20N2O2/c1-17-7-9-19(10-8-17)16-26-21-13-11-20(12-14-21)22(25)24-23-15-18-5-3-2-4-6-18/h2-15H,16H2,1H3,(H,24,25)/b23-15+. The van der Waals surface area contributed by atoms with Gasteiger partial charge in [0.25, 0.3) is 5.91 Å². The second-order valence-corrected chi connectivity index (χ2v) is 5.91. The second kappa shape index (κ2) is 8.62. The molecule has 3 aromatic carbocycles. The van der Waals surface area contributed by atoms with E-state index in [1.807, 2.05) is 42.5 Å². The van der Waals surface area contributed by atoms with Gasteiger partial charge in [0.2, 0.25) is 0 Å². The van der Waals surface area contributed by atoms with Crippen LogP contribution in [0.5, 0.6) is 5.75 Å². The van der Waals surface area contributed by atoms with Crippen molar-refractivity contribution in [3.63, 3.8) is 0 Å². The van der Waals surface area contributed by atoms with Crippen molar-refractivity contribution in [2.75, 3.05) is 0 Å². The Kier molecular flexibility index (Phi) is 5.78. The van der Waals surface area contributed by atoms with Gasteiger partial charge in [0.05, 0.1) is 6.21 Å². The predicted molar refractivity (Wildman–Crippen MR) is 103 cm³/mol. The summed E-state index contributed by atoms with van der Waals surface area (Å²) >= 11 is 0. The summed E-state index contributed by atoms with van der Waals surface area (Å²) in [5, 5.41) is 3.97. The summed E-state index contributed by atoms with van der Waals surface area (Å²) in [7, 11) is 0. The largest absolute Gasteiger partial charge is 0.489 e. The zero-order chi connectivity index (χ0) is 18.2. The molecule has 130 valence electrons. The molecule has 0 unspecified atom stereocenters. The Balaban J connectivity index is 1.52. The lowest BCUT2D eigenvalue weighted by Gasteiger charge is -2.07. The maximum Gasteiger partial charge on any atom is 0.271 e. The average molecular weight is 344 g/mol. The first kappa shape index (κ1) is 17.4. The van der Waals surface area contributed by atoms with Gasteiger partial charge in [0.15, 0.2) is 0 Å². The molecular weight excluding hydrogens is 324 g/mol. The maximum absolute atomic E-state index is 12.1. The molecule has 1 N–H and O–H groups in total. The van der Waals surface area contributed by atoms with Crippen molar-refractivity contribution in [3.8, 4) is 5.75 Å². The number of carbonyl (C=O) groups excluding carboxylic acids is 1. The van der Waals surface area contributed by atoms with Gasteiger partial charge < -0.3 is 4.74 Å². The quantitative estimate of drug-likeness (QED) is 0.534. The van der Waals surface area contributed by atoms with Crippen LogP contribution >= 0.6 is 0 Å². The zero-order valence-corrected chi connectivity index (χ0v) is 14.6. The van der Waals surface area contributed by atoms with Crippen molar-refractivity contribution in [2.45, 2.75) is 13.5 Å². The van der Waals surface area contributed by atoms with Crippen molar-refractivity contribution >= 4 is 12.1 Å². The van der Waals surface area contributed by atoms with Crippen LogP contribution in [-0.4, -0.2) is 12.1 Å². The van der Waals surface area contributed by atoms with E-state index in [1.165, 1.54) is 5.56 Å². The van der Waals surface area contributed by atoms with Gasteiger partial charge in [-0.2, -0.15) is 5.10 Å². The van der Waals surface area contributed by atoms with E-state index in [0.717, 1.165) is 16.9 Å². The third-order valence-electron chi connectivity index (χ3n) is 3.82. The first-order chi connectivity index (χ1) is 12.7. The molecule has 0 bridgehead atoms. The Morgan fingerprint density at radius 3 is 2.35 bits per heavy atom. The fourth-order valence-electron chi connectivity index (χ4n) is 2.32. The summed E-state index contributed by atoms with van der Waals surface area (Å²) < 4.78 is 5.74. The summed E-state index contributed by atoms with van der Waals surface area (Å²) in [5.41, 5.74) is 6.29. The van der Waals surface area contributed by atoms with Crippen LogP contribution in [0.3, 0.4) is 0 Å². The lowest BCUT2D eigenvalue weighted by Crippen LogP contribution is -2.17. The lowest BCUT2D eigenvalue weighted by atomic mass is 10.2. The van der Waals surface area contributed by atoms with E-state index in [-0.39, 0.29) is 5.91 Å². The fraction of sp³-hybridized carbons (Fsp3) is 0.0909. The highest BCUT2D eigenvalue weighted by atomic mass is 16.5. The number of aryl methyl sites for hydroxylation is 1. The predicted octanol–water partition coefficient (Wildman–Crippen LogP) is 4.34. The fourth-order valence-corrected chi connectivity index (χ4v) is 2.32. The topological polar surface area (TPSA) is 50.7 Å². The van der Waals surface area contributed by atoms with Crippen LogP contribution in [-0.2, 0) is 6.61 Å². The van der Waals surface area contributed by atoms with Crippen LogP contribution in [0.15, 0.2) is 84.0 Å². The minimum atomic E-state index is -0.262. The number of hydrogen-bond acceptors (Lipinski definition) is 3. The molecule has 0 aliphatic carbocycles. The molecular formula is C22H20N2O2.